The summed E-state index contributed by atoms with van der Waals surface area (Å²) in [4.78, 5) is 31.2. The number of carbonyl (C=O) groups is 1. The number of hydrogen-bond acceptors (Lipinski definition) is 6. The van der Waals surface area contributed by atoms with Crippen molar-refractivity contribution in [2.45, 2.75) is 19.8 Å². The van der Waals surface area contributed by atoms with Crippen molar-refractivity contribution in [1.82, 2.24) is 0 Å². The highest BCUT2D eigenvalue weighted by Crippen LogP contribution is 2.29. The molecule has 0 unspecified atom stereocenters. The molecule has 0 heterocycles. The Bertz CT molecular complexity index is 536. The van der Waals surface area contributed by atoms with Crippen molar-refractivity contribution in [3.63, 3.8) is 0 Å². The highest BCUT2D eigenvalue weighted by Gasteiger charge is 2.26. The lowest BCUT2D eigenvalue weighted by molar-refractivity contribution is -0.394. The first-order valence-electron chi connectivity index (χ1n) is 6.15. The average Bonchev–Trinajstić information content (AvgIpc) is 2.42. The number of carboxylic acids is 1. The molecule has 0 saturated heterocycles. The number of nitro benzene ring substituents is 2. The molecule has 9 nitrogen and oxygen atoms in total. The van der Waals surface area contributed by atoms with E-state index in [-0.39, 0.29) is 18.6 Å². The molecule has 1 N–H and O–H groups in total. The summed E-state index contributed by atoms with van der Waals surface area (Å²) in [6.45, 7) is 2.44. The molecule has 0 fully saturated rings. The topological polar surface area (TPSA) is 133 Å². The second-order valence-corrected chi connectivity index (χ2v) is 4.17. The third-order valence-electron chi connectivity index (χ3n) is 2.69. The molecule has 1 rings (SSSR count). The van der Waals surface area contributed by atoms with E-state index in [1.165, 1.54) is 0 Å². The van der Waals surface area contributed by atoms with Gasteiger partial charge >= 0.3 is 5.97 Å². The molecule has 21 heavy (non-hydrogen) atoms. The van der Waals surface area contributed by atoms with Crippen LogP contribution in [-0.2, 0) is 11.2 Å². The summed E-state index contributed by atoms with van der Waals surface area (Å²) < 4.78 is 5.18. The fourth-order valence-corrected chi connectivity index (χ4v) is 1.78. The van der Waals surface area contributed by atoms with E-state index >= 15 is 0 Å². The number of rotatable bonds is 8. The molecule has 9 heteroatoms. The van der Waals surface area contributed by atoms with Crippen LogP contribution in [0.2, 0.25) is 0 Å². The van der Waals surface area contributed by atoms with Crippen molar-refractivity contribution < 1.29 is 24.5 Å². The Morgan fingerprint density at radius 1 is 1.24 bits per heavy atom. The van der Waals surface area contributed by atoms with Crippen LogP contribution in [0.1, 0.15) is 29.3 Å². The first kappa shape index (κ1) is 16.5. The Morgan fingerprint density at radius 3 is 2.38 bits per heavy atom. The van der Waals surface area contributed by atoms with Gasteiger partial charge in [0.2, 0.25) is 0 Å². The Morgan fingerprint density at radius 2 is 1.90 bits per heavy atom. The van der Waals surface area contributed by atoms with Gasteiger partial charge in [0.15, 0.2) is 0 Å². The zero-order valence-electron chi connectivity index (χ0n) is 11.3. The average molecular weight is 298 g/mol. The molecule has 1 aromatic carbocycles. The van der Waals surface area contributed by atoms with E-state index in [1.54, 1.807) is 0 Å². The van der Waals surface area contributed by atoms with E-state index in [2.05, 4.69) is 0 Å². The second kappa shape index (κ2) is 7.29. The lowest BCUT2D eigenvalue weighted by atomic mass is 10.0. The summed E-state index contributed by atoms with van der Waals surface area (Å²) in [5.74, 6) is -1.45. The molecule has 0 saturated carbocycles. The SMILES string of the molecule is CCCOCCc1c(C(=O)O)cc([N+](=O)[O-])cc1[N+](=O)[O-]. The van der Waals surface area contributed by atoms with Gasteiger partial charge in [-0.25, -0.2) is 4.79 Å². The highest BCUT2D eigenvalue weighted by atomic mass is 16.6. The summed E-state index contributed by atoms with van der Waals surface area (Å²) in [6, 6.07) is 1.59. The first-order chi connectivity index (χ1) is 9.88. The maximum Gasteiger partial charge on any atom is 0.336 e. The normalized spacial score (nSPS) is 10.3. The van der Waals surface area contributed by atoms with E-state index in [4.69, 9.17) is 9.84 Å². The molecule has 0 aromatic heterocycles. The molecule has 1 aromatic rings. The summed E-state index contributed by atoms with van der Waals surface area (Å²) in [5, 5.41) is 30.8. The number of ether oxygens (including phenoxy) is 1. The van der Waals surface area contributed by atoms with Crippen LogP contribution < -0.4 is 0 Å². The predicted octanol–water partition coefficient (Wildman–Crippen LogP) is 2.17. The van der Waals surface area contributed by atoms with E-state index < -0.39 is 32.8 Å². The molecule has 0 spiro atoms. The molecule has 0 aliphatic rings. The molecule has 0 radical (unpaired) electrons. The van der Waals surface area contributed by atoms with Crippen LogP contribution in [0.3, 0.4) is 0 Å². The van der Waals surface area contributed by atoms with Gasteiger partial charge in [-0.15, -0.1) is 0 Å². The van der Waals surface area contributed by atoms with Crippen LogP contribution in [0, 0.1) is 20.2 Å². The van der Waals surface area contributed by atoms with Gasteiger partial charge in [-0.1, -0.05) is 6.92 Å². The van der Waals surface area contributed by atoms with Crippen LogP contribution in [-0.4, -0.2) is 34.1 Å². The van der Waals surface area contributed by atoms with Crippen LogP contribution >= 0.6 is 0 Å². The van der Waals surface area contributed by atoms with Crippen molar-refractivity contribution in [1.29, 1.82) is 0 Å². The van der Waals surface area contributed by atoms with E-state index in [0.717, 1.165) is 18.6 Å². The van der Waals surface area contributed by atoms with Gasteiger partial charge in [0.05, 0.1) is 28.1 Å². The zero-order valence-corrected chi connectivity index (χ0v) is 11.3. The molecule has 0 bridgehead atoms. The standard InChI is InChI=1S/C12H14N2O7/c1-2-4-21-5-3-9-10(12(15)16)6-8(13(17)18)7-11(9)14(19)20/h6-7H,2-5H2,1H3,(H,15,16). The van der Waals surface area contributed by atoms with Crippen LogP contribution in [0.15, 0.2) is 12.1 Å². The van der Waals surface area contributed by atoms with Crippen molar-refractivity contribution >= 4 is 17.3 Å². The number of nitro groups is 2. The monoisotopic (exact) mass is 298 g/mol. The molecule has 0 aliphatic heterocycles. The Balaban J connectivity index is 3.26. The minimum absolute atomic E-state index is 0.00403. The van der Waals surface area contributed by atoms with Crippen molar-refractivity contribution in [3.8, 4) is 0 Å². The van der Waals surface area contributed by atoms with Crippen LogP contribution in [0.25, 0.3) is 0 Å². The summed E-state index contributed by atoms with van der Waals surface area (Å²) >= 11 is 0. The fourth-order valence-electron chi connectivity index (χ4n) is 1.78. The van der Waals surface area contributed by atoms with E-state index in [0.29, 0.717) is 6.61 Å². The largest absolute Gasteiger partial charge is 0.478 e. The second-order valence-electron chi connectivity index (χ2n) is 4.17. The minimum atomic E-state index is -1.45. The van der Waals surface area contributed by atoms with Crippen molar-refractivity contribution in [3.05, 3.63) is 43.5 Å². The van der Waals surface area contributed by atoms with Crippen LogP contribution in [0.4, 0.5) is 11.4 Å². The van der Waals surface area contributed by atoms with Gasteiger partial charge in [-0.2, -0.15) is 0 Å². The minimum Gasteiger partial charge on any atom is -0.478 e. The van der Waals surface area contributed by atoms with Gasteiger partial charge in [0.25, 0.3) is 11.4 Å². The first-order valence-corrected chi connectivity index (χ1v) is 6.15. The van der Waals surface area contributed by atoms with E-state index in [1.807, 2.05) is 6.92 Å². The number of carboxylic acid groups (broad SMARTS) is 1. The fraction of sp³-hybridized carbons (Fsp3) is 0.417. The highest BCUT2D eigenvalue weighted by molar-refractivity contribution is 5.91. The van der Waals surface area contributed by atoms with Gasteiger partial charge in [0, 0.05) is 24.7 Å². The molecular formula is C12H14N2O7. The van der Waals surface area contributed by atoms with Gasteiger partial charge < -0.3 is 9.84 Å². The summed E-state index contributed by atoms with van der Waals surface area (Å²) in [5.41, 5.74) is -1.73. The number of hydrogen-bond donors (Lipinski definition) is 1. The Hall–Kier alpha value is -2.55. The van der Waals surface area contributed by atoms with Gasteiger partial charge in [-0.05, 0) is 6.42 Å². The third-order valence-corrected chi connectivity index (χ3v) is 2.69. The smallest absolute Gasteiger partial charge is 0.336 e. The molecule has 114 valence electrons. The molecule has 0 aliphatic carbocycles. The lowest BCUT2D eigenvalue weighted by Crippen LogP contribution is -2.10. The summed E-state index contributed by atoms with van der Waals surface area (Å²) in [7, 11) is 0. The van der Waals surface area contributed by atoms with Gasteiger partial charge in [0.1, 0.15) is 0 Å². The van der Waals surface area contributed by atoms with E-state index in [9.17, 15) is 25.0 Å². The molecule has 0 atom stereocenters. The maximum absolute atomic E-state index is 11.2. The number of aromatic carboxylic acids is 1. The molecular weight excluding hydrogens is 284 g/mol. The van der Waals surface area contributed by atoms with Gasteiger partial charge in [-0.3, -0.25) is 20.2 Å². The van der Waals surface area contributed by atoms with Crippen molar-refractivity contribution in [2.24, 2.45) is 0 Å². The zero-order chi connectivity index (χ0) is 16.0. The third kappa shape index (κ3) is 4.21. The summed E-state index contributed by atoms with van der Waals surface area (Å²) in [6.07, 6.45) is 0.754. The number of nitrogens with zero attached hydrogens (tertiary/aromatic N) is 2. The quantitative estimate of drug-likeness (QED) is 0.441. The van der Waals surface area contributed by atoms with Crippen molar-refractivity contribution in [2.75, 3.05) is 13.2 Å². The Labute approximate surface area is 119 Å². The molecule has 0 amide bonds. The number of non-ortho nitro benzene ring substituents is 1. The Kier molecular flexibility index (Phi) is 5.73. The number of benzene rings is 1. The predicted molar refractivity (Wildman–Crippen MR) is 71.5 cm³/mol. The lowest BCUT2D eigenvalue weighted by Gasteiger charge is -2.08. The maximum atomic E-state index is 11.2. The van der Waals surface area contributed by atoms with Crippen LogP contribution in [0.5, 0.6) is 0 Å².